The molecule has 0 amide bonds. The van der Waals surface area contributed by atoms with E-state index in [9.17, 15) is 4.79 Å². The summed E-state index contributed by atoms with van der Waals surface area (Å²) in [5, 5.41) is 12.8. The molecular formula is C11H17N3O3. The van der Waals surface area contributed by atoms with E-state index in [1.807, 2.05) is 18.7 Å². The van der Waals surface area contributed by atoms with E-state index < -0.39 is 5.97 Å². The normalized spacial score (nSPS) is 21.2. The quantitative estimate of drug-likeness (QED) is 0.847. The van der Waals surface area contributed by atoms with Gasteiger partial charge in [0.2, 0.25) is 5.89 Å². The molecule has 1 atom stereocenters. The molecule has 1 unspecified atom stereocenters. The van der Waals surface area contributed by atoms with Crippen LogP contribution in [0.3, 0.4) is 0 Å². The summed E-state index contributed by atoms with van der Waals surface area (Å²) in [5.41, 5.74) is 0. The number of likely N-dealkylation sites (tertiary alicyclic amines) is 1. The zero-order chi connectivity index (χ0) is 12.4. The molecule has 6 heteroatoms. The smallest absolute Gasteiger partial charge is 0.307 e. The zero-order valence-electron chi connectivity index (χ0n) is 10.1. The minimum Gasteiger partial charge on any atom is -0.481 e. The minimum absolute atomic E-state index is 0.248. The number of hydrogen-bond donors (Lipinski definition) is 1. The van der Waals surface area contributed by atoms with Gasteiger partial charge in [0.25, 0.3) is 0 Å². The number of carbonyl (C=O) groups is 1. The maximum Gasteiger partial charge on any atom is 0.307 e. The van der Waals surface area contributed by atoms with E-state index in [2.05, 4.69) is 10.1 Å². The van der Waals surface area contributed by atoms with Crippen molar-refractivity contribution in [1.29, 1.82) is 0 Å². The third kappa shape index (κ3) is 2.82. The summed E-state index contributed by atoms with van der Waals surface area (Å²) in [5.74, 6) is 0.537. The van der Waals surface area contributed by atoms with Crippen LogP contribution >= 0.6 is 0 Å². The second kappa shape index (κ2) is 4.83. The summed E-state index contributed by atoms with van der Waals surface area (Å²) in [7, 11) is 0. The Bertz CT molecular complexity index is 402. The van der Waals surface area contributed by atoms with Crippen molar-refractivity contribution in [2.75, 3.05) is 13.1 Å². The van der Waals surface area contributed by atoms with Gasteiger partial charge in [0.05, 0.1) is 12.5 Å². The average molecular weight is 239 g/mol. The van der Waals surface area contributed by atoms with E-state index in [0.29, 0.717) is 31.2 Å². The number of aromatic nitrogens is 2. The molecule has 2 heterocycles. The molecule has 1 saturated heterocycles. The fourth-order valence-electron chi connectivity index (χ4n) is 1.94. The third-order valence-electron chi connectivity index (χ3n) is 2.98. The third-order valence-corrected chi connectivity index (χ3v) is 2.98. The summed E-state index contributed by atoms with van der Waals surface area (Å²) in [6.07, 6.45) is 0.695. The van der Waals surface area contributed by atoms with Crippen molar-refractivity contribution in [3.63, 3.8) is 0 Å². The maximum atomic E-state index is 10.8. The molecule has 1 aromatic heterocycles. The van der Waals surface area contributed by atoms with Crippen LogP contribution in [-0.4, -0.2) is 39.2 Å². The monoisotopic (exact) mass is 239 g/mol. The Hall–Kier alpha value is -1.43. The van der Waals surface area contributed by atoms with Crippen LogP contribution in [0.5, 0.6) is 0 Å². The van der Waals surface area contributed by atoms with Gasteiger partial charge in [-0.15, -0.1) is 0 Å². The Kier molecular flexibility index (Phi) is 3.42. The first kappa shape index (κ1) is 12.0. The lowest BCUT2D eigenvalue weighted by Crippen LogP contribution is -2.23. The predicted octanol–water partition coefficient (Wildman–Crippen LogP) is 1.10. The van der Waals surface area contributed by atoms with E-state index >= 15 is 0 Å². The fraction of sp³-hybridized carbons (Fsp3) is 0.727. The van der Waals surface area contributed by atoms with Crippen molar-refractivity contribution >= 4 is 5.97 Å². The Morgan fingerprint density at radius 2 is 2.41 bits per heavy atom. The molecule has 0 saturated carbocycles. The molecule has 1 fully saturated rings. The van der Waals surface area contributed by atoms with E-state index in [1.54, 1.807) is 0 Å². The SMILES string of the molecule is CC(C)c1noc(CN2CCC(C(=O)O)C2)n1. The van der Waals surface area contributed by atoms with Crippen molar-refractivity contribution in [1.82, 2.24) is 15.0 Å². The van der Waals surface area contributed by atoms with E-state index in [-0.39, 0.29) is 11.8 Å². The molecule has 0 bridgehead atoms. The van der Waals surface area contributed by atoms with Gasteiger partial charge in [0.1, 0.15) is 0 Å². The van der Waals surface area contributed by atoms with Gasteiger partial charge in [-0.1, -0.05) is 19.0 Å². The van der Waals surface area contributed by atoms with Crippen LogP contribution in [0, 0.1) is 5.92 Å². The topological polar surface area (TPSA) is 79.5 Å². The number of carboxylic acid groups (broad SMARTS) is 1. The predicted molar refractivity (Wildman–Crippen MR) is 59.4 cm³/mol. The second-order valence-corrected chi connectivity index (χ2v) is 4.76. The molecule has 0 aromatic carbocycles. The highest BCUT2D eigenvalue weighted by atomic mass is 16.5. The Morgan fingerprint density at radius 3 is 2.94 bits per heavy atom. The molecular weight excluding hydrogens is 222 g/mol. The number of hydrogen-bond acceptors (Lipinski definition) is 5. The van der Waals surface area contributed by atoms with E-state index in [1.165, 1.54) is 0 Å². The van der Waals surface area contributed by atoms with Crippen LogP contribution in [0.4, 0.5) is 0 Å². The van der Waals surface area contributed by atoms with Gasteiger partial charge in [0, 0.05) is 12.5 Å². The van der Waals surface area contributed by atoms with Crippen molar-refractivity contribution in [3.05, 3.63) is 11.7 Å². The Morgan fingerprint density at radius 1 is 1.65 bits per heavy atom. The van der Waals surface area contributed by atoms with Crippen LogP contribution in [0.25, 0.3) is 0 Å². The van der Waals surface area contributed by atoms with Gasteiger partial charge in [0.15, 0.2) is 5.82 Å². The lowest BCUT2D eigenvalue weighted by molar-refractivity contribution is -0.141. The highest BCUT2D eigenvalue weighted by molar-refractivity contribution is 5.70. The number of nitrogens with zero attached hydrogens (tertiary/aromatic N) is 3. The first-order valence-electron chi connectivity index (χ1n) is 5.84. The van der Waals surface area contributed by atoms with Crippen LogP contribution in [0.1, 0.15) is 37.9 Å². The summed E-state index contributed by atoms with van der Waals surface area (Å²) < 4.78 is 5.13. The van der Waals surface area contributed by atoms with Crippen molar-refractivity contribution < 1.29 is 14.4 Å². The Labute approximate surface area is 99.6 Å². The van der Waals surface area contributed by atoms with Crippen LogP contribution in [-0.2, 0) is 11.3 Å². The molecule has 0 radical (unpaired) electrons. The van der Waals surface area contributed by atoms with Crippen LogP contribution in [0.15, 0.2) is 4.52 Å². The largest absolute Gasteiger partial charge is 0.481 e. The summed E-state index contributed by atoms with van der Waals surface area (Å²) in [6, 6.07) is 0. The Balaban J connectivity index is 1.91. The van der Waals surface area contributed by atoms with E-state index in [0.717, 1.165) is 6.54 Å². The van der Waals surface area contributed by atoms with Crippen molar-refractivity contribution in [3.8, 4) is 0 Å². The van der Waals surface area contributed by atoms with Gasteiger partial charge in [-0.25, -0.2) is 0 Å². The fourth-order valence-corrected chi connectivity index (χ4v) is 1.94. The number of aliphatic carboxylic acids is 1. The second-order valence-electron chi connectivity index (χ2n) is 4.76. The van der Waals surface area contributed by atoms with Gasteiger partial charge in [-0.05, 0) is 13.0 Å². The van der Waals surface area contributed by atoms with Crippen LogP contribution < -0.4 is 0 Å². The standard InChI is InChI=1S/C11H17N3O3/c1-7(2)10-12-9(17-13-10)6-14-4-3-8(5-14)11(15)16/h7-8H,3-6H2,1-2H3,(H,15,16). The van der Waals surface area contributed by atoms with E-state index in [4.69, 9.17) is 9.63 Å². The van der Waals surface area contributed by atoms with Gasteiger partial charge in [-0.2, -0.15) is 4.98 Å². The first-order chi connectivity index (χ1) is 8.06. The maximum absolute atomic E-state index is 10.8. The number of carboxylic acids is 1. The lowest BCUT2D eigenvalue weighted by Gasteiger charge is -2.11. The van der Waals surface area contributed by atoms with Crippen molar-refractivity contribution in [2.45, 2.75) is 32.7 Å². The minimum atomic E-state index is -0.721. The molecule has 6 nitrogen and oxygen atoms in total. The molecule has 0 aliphatic carbocycles. The van der Waals surface area contributed by atoms with Gasteiger partial charge >= 0.3 is 5.97 Å². The highest BCUT2D eigenvalue weighted by Gasteiger charge is 2.28. The molecule has 1 aromatic rings. The highest BCUT2D eigenvalue weighted by Crippen LogP contribution is 2.19. The summed E-state index contributed by atoms with van der Waals surface area (Å²) in [6.45, 7) is 5.89. The van der Waals surface area contributed by atoms with Gasteiger partial charge in [-0.3, -0.25) is 9.69 Å². The lowest BCUT2D eigenvalue weighted by atomic mass is 10.1. The van der Waals surface area contributed by atoms with Crippen LogP contribution in [0.2, 0.25) is 0 Å². The molecule has 1 aliphatic rings. The van der Waals surface area contributed by atoms with Crippen molar-refractivity contribution in [2.24, 2.45) is 5.92 Å². The molecule has 17 heavy (non-hydrogen) atoms. The zero-order valence-corrected chi connectivity index (χ0v) is 10.1. The van der Waals surface area contributed by atoms with Gasteiger partial charge < -0.3 is 9.63 Å². The first-order valence-corrected chi connectivity index (χ1v) is 5.84. The molecule has 94 valence electrons. The summed E-state index contributed by atoms with van der Waals surface area (Å²) in [4.78, 5) is 17.1. The number of rotatable bonds is 4. The average Bonchev–Trinajstić information content (AvgIpc) is 2.87. The molecule has 1 N–H and O–H groups in total. The summed E-state index contributed by atoms with van der Waals surface area (Å²) >= 11 is 0. The molecule has 2 rings (SSSR count). The molecule has 0 spiro atoms. The molecule has 1 aliphatic heterocycles.